The second-order valence-electron chi connectivity index (χ2n) is 11.1. The number of hydrogen-bond donors (Lipinski definition) is 3. The lowest BCUT2D eigenvalue weighted by Gasteiger charge is -2.34. The lowest BCUT2D eigenvalue weighted by atomic mass is 9.95. The molecule has 3 aromatic carbocycles. The molecule has 0 radical (unpaired) electrons. The van der Waals surface area contributed by atoms with Gasteiger partial charge in [-0.05, 0) is 47.4 Å². The van der Waals surface area contributed by atoms with Gasteiger partial charge in [0.15, 0.2) is 5.82 Å². The number of piperazine rings is 1. The number of nitrogens with two attached hydrogens (primary N) is 1. The van der Waals surface area contributed by atoms with Crippen molar-refractivity contribution in [3.05, 3.63) is 54.3 Å². The molecule has 2 bridgehead atoms. The number of halogens is 1. The van der Waals surface area contributed by atoms with Crippen LogP contribution in [0, 0.1) is 11.2 Å². The van der Waals surface area contributed by atoms with E-state index in [2.05, 4.69) is 15.2 Å². The highest BCUT2D eigenvalue weighted by Crippen LogP contribution is 2.39. The zero-order valence-electron chi connectivity index (χ0n) is 21.2. The Balaban J connectivity index is 1.51. The van der Waals surface area contributed by atoms with Crippen molar-refractivity contribution < 1.29 is 14.2 Å². The van der Waals surface area contributed by atoms with Crippen LogP contribution in [0.1, 0.15) is 26.7 Å². The zero-order valence-corrected chi connectivity index (χ0v) is 21.2. The number of nitrogens with zero attached hydrogens (tertiary/aromatic N) is 3. The first kappa shape index (κ1) is 23.9. The number of anilines is 1. The van der Waals surface area contributed by atoms with E-state index in [0.717, 1.165) is 36.7 Å². The van der Waals surface area contributed by atoms with E-state index in [0.29, 0.717) is 47.6 Å². The van der Waals surface area contributed by atoms with Gasteiger partial charge in [-0.15, -0.1) is 0 Å². The highest BCUT2D eigenvalue weighted by atomic mass is 19.1. The Morgan fingerprint density at radius 2 is 1.81 bits per heavy atom. The van der Waals surface area contributed by atoms with Crippen LogP contribution in [-0.2, 0) is 0 Å². The summed E-state index contributed by atoms with van der Waals surface area (Å²) in [7, 11) is 0. The maximum absolute atomic E-state index is 16.4. The fourth-order valence-corrected chi connectivity index (χ4v) is 5.45. The van der Waals surface area contributed by atoms with Crippen LogP contribution in [0.3, 0.4) is 0 Å². The molecule has 0 spiro atoms. The van der Waals surface area contributed by atoms with Crippen LogP contribution >= 0.6 is 0 Å². The third-order valence-corrected chi connectivity index (χ3v) is 7.56. The molecule has 4 N–H and O–H groups in total. The second-order valence-corrected chi connectivity index (χ2v) is 11.1. The Morgan fingerprint density at radius 1 is 1.05 bits per heavy atom. The van der Waals surface area contributed by atoms with Crippen molar-refractivity contribution in [3.63, 3.8) is 0 Å². The maximum Gasteiger partial charge on any atom is 0.319 e. The molecule has 0 aliphatic carbocycles. The summed E-state index contributed by atoms with van der Waals surface area (Å²) in [5.74, 6) is 0.314. The molecular formula is C29H32FN5O2. The number of hydrogen-bond acceptors (Lipinski definition) is 7. The molecule has 3 heterocycles. The monoisotopic (exact) mass is 501 g/mol. The normalized spacial score (nSPS) is 19.6. The average molecular weight is 502 g/mol. The predicted molar refractivity (Wildman–Crippen MR) is 145 cm³/mol. The minimum absolute atomic E-state index is 0.0842. The number of aromatic hydroxyl groups is 1. The van der Waals surface area contributed by atoms with Crippen molar-refractivity contribution in [2.24, 2.45) is 11.1 Å². The Labute approximate surface area is 215 Å². The number of phenols is 1. The van der Waals surface area contributed by atoms with Crippen molar-refractivity contribution in [2.75, 3.05) is 31.1 Å². The first-order valence-electron chi connectivity index (χ1n) is 12.9. The van der Waals surface area contributed by atoms with E-state index in [1.807, 2.05) is 44.2 Å². The summed E-state index contributed by atoms with van der Waals surface area (Å²) in [5.41, 5.74) is 6.82. The molecule has 2 fully saturated rings. The smallest absolute Gasteiger partial charge is 0.319 e. The molecule has 8 heteroatoms. The summed E-state index contributed by atoms with van der Waals surface area (Å²) in [4.78, 5) is 11.6. The Bertz CT molecular complexity index is 1480. The number of benzene rings is 3. The third-order valence-electron chi connectivity index (χ3n) is 7.56. The van der Waals surface area contributed by atoms with Crippen LogP contribution in [0.25, 0.3) is 32.8 Å². The third kappa shape index (κ3) is 4.45. The van der Waals surface area contributed by atoms with E-state index < -0.39 is 5.82 Å². The quantitative estimate of drug-likeness (QED) is 0.355. The predicted octanol–water partition coefficient (Wildman–Crippen LogP) is 4.60. The number of fused-ring (bicyclic) bond motifs is 4. The standard InChI is InChI=1S/C29H32FN5O2/c1-29(2,15-31)16-37-28-33-26-23(27(34-28)35-13-18-7-8-19(14-35)32-18)10-9-22(25(26)30)24-12-20(36)11-17-5-3-4-6-21(17)24/h3-6,9-12,18-19,32,36H,7-8,13-16,31H2,1-2H3/t18-,19+. The van der Waals surface area contributed by atoms with Crippen LogP contribution in [0.15, 0.2) is 48.5 Å². The summed E-state index contributed by atoms with van der Waals surface area (Å²) < 4.78 is 22.4. The summed E-state index contributed by atoms with van der Waals surface area (Å²) >= 11 is 0. The molecule has 7 nitrogen and oxygen atoms in total. The number of phenolic OH excluding ortho intramolecular Hbond substituents is 1. The number of rotatable bonds is 6. The first-order chi connectivity index (χ1) is 17.8. The molecule has 0 saturated carbocycles. The summed E-state index contributed by atoms with van der Waals surface area (Å²) in [6, 6.07) is 15.5. The lowest BCUT2D eigenvalue weighted by Crippen LogP contribution is -2.51. The molecule has 0 unspecified atom stereocenters. The van der Waals surface area contributed by atoms with E-state index in [-0.39, 0.29) is 22.7 Å². The van der Waals surface area contributed by atoms with E-state index in [1.165, 1.54) is 0 Å². The van der Waals surface area contributed by atoms with Crippen molar-refractivity contribution in [1.29, 1.82) is 0 Å². The minimum Gasteiger partial charge on any atom is -0.508 e. The Kier molecular flexibility index (Phi) is 5.88. The van der Waals surface area contributed by atoms with E-state index in [9.17, 15) is 5.11 Å². The van der Waals surface area contributed by atoms with Crippen molar-refractivity contribution in [2.45, 2.75) is 38.8 Å². The fraction of sp³-hybridized carbons (Fsp3) is 0.379. The molecule has 4 aromatic rings. The van der Waals surface area contributed by atoms with Crippen LogP contribution in [0.2, 0.25) is 0 Å². The number of nitrogens with one attached hydrogen (secondary N) is 1. The second kappa shape index (κ2) is 9.11. The molecule has 2 aliphatic heterocycles. The van der Waals surface area contributed by atoms with Crippen molar-refractivity contribution >= 4 is 27.5 Å². The topological polar surface area (TPSA) is 96.5 Å². The summed E-state index contributed by atoms with van der Waals surface area (Å²) in [5, 5.41) is 16.4. The average Bonchev–Trinajstić information content (AvgIpc) is 3.24. The Morgan fingerprint density at radius 3 is 2.57 bits per heavy atom. The van der Waals surface area contributed by atoms with Crippen molar-refractivity contribution in [3.8, 4) is 22.9 Å². The maximum atomic E-state index is 16.4. The van der Waals surface area contributed by atoms with Crippen LogP contribution < -0.4 is 20.7 Å². The molecule has 2 saturated heterocycles. The number of ether oxygens (including phenoxy) is 1. The lowest BCUT2D eigenvalue weighted by molar-refractivity contribution is 0.175. The molecule has 6 rings (SSSR count). The van der Waals surface area contributed by atoms with Gasteiger partial charge < -0.3 is 25.8 Å². The van der Waals surface area contributed by atoms with Gasteiger partial charge in [-0.25, -0.2) is 4.39 Å². The number of aromatic nitrogens is 2. The van der Waals surface area contributed by atoms with Gasteiger partial charge in [-0.1, -0.05) is 44.2 Å². The first-order valence-corrected chi connectivity index (χ1v) is 12.9. The van der Waals surface area contributed by atoms with Gasteiger partial charge in [0.2, 0.25) is 0 Å². The molecule has 192 valence electrons. The summed E-state index contributed by atoms with van der Waals surface area (Å²) in [6.45, 7) is 6.38. The van der Waals surface area contributed by atoms with Crippen LogP contribution in [0.4, 0.5) is 10.2 Å². The van der Waals surface area contributed by atoms with Gasteiger partial charge in [0.1, 0.15) is 17.1 Å². The van der Waals surface area contributed by atoms with Gasteiger partial charge in [-0.2, -0.15) is 9.97 Å². The molecule has 2 aliphatic rings. The summed E-state index contributed by atoms with van der Waals surface area (Å²) in [6.07, 6.45) is 2.25. The Hall–Kier alpha value is -3.49. The van der Waals surface area contributed by atoms with Crippen LogP contribution in [0.5, 0.6) is 11.8 Å². The highest BCUT2D eigenvalue weighted by molar-refractivity contribution is 6.01. The molecule has 37 heavy (non-hydrogen) atoms. The molecular weight excluding hydrogens is 469 g/mol. The van der Waals surface area contributed by atoms with Gasteiger partial charge in [0, 0.05) is 48.1 Å². The molecule has 0 amide bonds. The van der Waals surface area contributed by atoms with Gasteiger partial charge in [0.05, 0.1) is 6.61 Å². The largest absolute Gasteiger partial charge is 0.508 e. The van der Waals surface area contributed by atoms with Crippen molar-refractivity contribution in [1.82, 2.24) is 15.3 Å². The molecule has 1 aromatic heterocycles. The molecule has 2 atom stereocenters. The van der Waals surface area contributed by atoms with E-state index in [1.54, 1.807) is 18.2 Å². The van der Waals surface area contributed by atoms with Gasteiger partial charge >= 0.3 is 6.01 Å². The van der Waals surface area contributed by atoms with Crippen LogP contribution in [-0.4, -0.2) is 53.4 Å². The zero-order chi connectivity index (χ0) is 25.7. The van der Waals surface area contributed by atoms with Gasteiger partial charge in [-0.3, -0.25) is 0 Å². The van der Waals surface area contributed by atoms with Gasteiger partial charge in [0.25, 0.3) is 0 Å². The minimum atomic E-state index is -0.460. The fourth-order valence-electron chi connectivity index (χ4n) is 5.45. The van der Waals surface area contributed by atoms with E-state index >= 15 is 4.39 Å². The van der Waals surface area contributed by atoms with E-state index in [4.69, 9.17) is 15.5 Å². The SMILES string of the molecule is CC(C)(CN)COc1nc(N2C[C@H]3CC[C@@H](C2)N3)c2ccc(-c3cc(O)cc4ccccc34)c(F)c2n1. The highest BCUT2D eigenvalue weighted by Gasteiger charge is 2.34.